The van der Waals surface area contributed by atoms with Gasteiger partial charge in [0, 0.05) is 18.5 Å². The van der Waals surface area contributed by atoms with Crippen LogP contribution in [-0.4, -0.2) is 18.0 Å². The molecule has 0 radical (unpaired) electrons. The predicted octanol–water partition coefficient (Wildman–Crippen LogP) is 2.17. The topological polar surface area (TPSA) is 55.1 Å². The summed E-state index contributed by atoms with van der Waals surface area (Å²) in [4.78, 5) is 11.7. The van der Waals surface area contributed by atoms with Gasteiger partial charge < -0.3 is 11.1 Å². The lowest BCUT2D eigenvalue weighted by atomic mass is 10.1. The van der Waals surface area contributed by atoms with Crippen molar-refractivity contribution in [2.75, 3.05) is 0 Å². The van der Waals surface area contributed by atoms with Crippen LogP contribution in [0.15, 0.2) is 24.3 Å². The van der Waals surface area contributed by atoms with Crippen molar-refractivity contribution in [2.45, 2.75) is 52.1 Å². The van der Waals surface area contributed by atoms with Gasteiger partial charge in [0.1, 0.15) is 0 Å². The molecule has 0 aromatic heterocycles. The number of carbonyl (C=O) groups excluding carboxylic acids is 1. The summed E-state index contributed by atoms with van der Waals surface area (Å²) in [6.07, 6.45) is 2.14. The molecule has 0 bridgehead atoms. The van der Waals surface area contributed by atoms with Crippen molar-refractivity contribution in [3.63, 3.8) is 0 Å². The lowest BCUT2D eigenvalue weighted by Gasteiger charge is -2.15. The van der Waals surface area contributed by atoms with Crippen LogP contribution in [0.3, 0.4) is 0 Å². The van der Waals surface area contributed by atoms with Crippen LogP contribution in [0.4, 0.5) is 0 Å². The maximum Gasteiger partial charge on any atom is 0.220 e. The van der Waals surface area contributed by atoms with Gasteiger partial charge in [0.2, 0.25) is 5.91 Å². The Kier molecular flexibility index (Phi) is 5.86. The first-order chi connectivity index (χ1) is 8.47. The first-order valence-corrected chi connectivity index (χ1v) is 6.58. The molecule has 0 aliphatic carbocycles. The summed E-state index contributed by atoms with van der Waals surface area (Å²) in [5.74, 6) is 0.101. The van der Waals surface area contributed by atoms with E-state index in [2.05, 4.69) is 36.5 Å². The lowest BCUT2D eigenvalue weighted by Crippen LogP contribution is -2.36. The molecule has 3 N–H and O–H groups in total. The predicted molar refractivity (Wildman–Crippen MR) is 75.4 cm³/mol. The van der Waals surface area contributed by atoms with Crippen molar-refractivity contribution in [2.24, 2.45) is 5.73 Å². The first-order valence-electron chi connectivity index (χ1n) is 6.58. The smallest absolute Gasteiger partial charge is 0.220 e. The molecule has 0 heterocycles. The minimum atomic E-state index is 0.101. The third-order valence-corrected chi connectivity index (χ3v) is 2.89. The average molecular weight is 248 g/mol. The van der Waals surface area contributed by atoms with Gasteiger partial charge in [-0.25, -0.2) is 0 Å². The molecule has 2 atom stereocenters. The Morgan fingerprint density at radius 3 is 2.44 bits per heavy atom. The summed E-state index contributed by atoms with van der Waals surface area (Å²) in [5.41, 5.74) is 8.15. The summed E-state index contributed by atoms with van der Waals surface area (Å²) in [6, 6.07) is 8.58. The molecule has 1 aromatic rings. The SMILES string of the molecule is Cc1ccc(CCC(=O)NC(C)CC(C)N)cc1. The number of nitrogens with one attached hydrogen (secondary N) is 1. The van der Waals surface area contributed by atoms with Gasteiger partial charge in [-0.05, 0) is 39.2 Å². The van der Waals surface area contributed by atoms with Crippen molar-refractivity contribution >= 4 is 5.91 Å². The van der Waals surface area contributed by atoms with Crippen LogP contribution in [0.2, 0.25) is 0 Å². The molecule has 1 aromatic carbocycles. The van der Waals surface area contributed by atoms with Crippen LogP contribution < -0.4 is 11.1 Å². The van der Waals surface area contributed by atoms with Crippen LogP contribution >= 0.6 is 0 Å². The third-order valence-electron chi connectivity index (χ3n) is 2.89. The van der Waals surface area contributed by atoms with Crippen molar-refractivity contribution < 1.29 is 4.79 Å². The van der Waals surface area contributed by atoms with Crippen LogP contribution in [0, 0.1) is 6.92 Å². The first kappa shape index (κ1) is 14.7. The molecule has 0 fully saturated rings. The van der Waals surface area contributed by atoms with Crippen LogP contribution in [0.25, 0.3) is 0 Å². The van der Waals surface area contributed by atoms with Crippen molar-refractivity contribution in [3.05, 3.63) is 35.4 Å². The summed E-state index contributed by atoms with van der Waals surface area (Å²) in [7, 11) is 0. The van der Waals surface area contributed by atoms with Crippen molar-refractivity contribution in [1.82, 2.24) is 5.32 Å². The van der Waals surface area contributed by atoms with E-state index in [0.717, 1.165) is 12.8 Å². The summed E-state index contributed by atoms with van der Waals surface area (Å²) in [5, 5.41) is 2.97. The maximum atomic E-state index is 11.7. The molecule has 3 heteroatoms. The van der Waals surface area contributed by atoms with E-state index in [9.17, 15) is 4.79 Å². The highest BCUT2D eigenvalue weighted by Crippen LogP contribution is 2.06. The molecule has 0 aliphatic heterocycles. The fourth-order valence-corrected chi connectivity index (χ4v) is 1.98. The highest BCUT2D eigenvalue weighted by Gasteiger charge is 2.09. The zero-order valence-corrected chi connectivity index (χ0v) is 11.6. The molecule has 3 nitrogen and oxygen atoms in total. The largest absolute Gasteiger partial charge is 0.354 e. The lowest BCUT2D eigenvalue weighted by molar-refractivity contribution is -0.121. The number of hydrogen-bond donors (Lipinski definition) is 2. The zero-order chi connectivity index (χ0) is 13.5. The minimum absolute atomic E-state index is 0.101. The molecule has 0 saturated carbocycles. The monoisotopic (exact) mass is 248 g/mol. The molecule has 18 heavy (non-hydrogen) atoms. The number of amides is 1. The number of carbonyl (C=O) groups is 1. The van der Waals surface area contributed by atoms with Crippen molar-refractivity contribution in [3.8, 4) is 0 Å². The summed E-state index contributed by atoms with van der Waals surface area (Å²) < 4.78 is 0. The fourth-order valence-electron chi connectivity index (χ4n) is 1.98. The molecule has 1 rings (SSSR count). The number of benzene rings is 1. The van der Waals surface area contributed by atoms with E-state index < -0.39 is 0 Å². The van der Waals surface area contributed by atoms with Gasteiger partial charge >= 0.3 is 0 Å². The normalized spacial score (nSPS) is 14.0. The molecule has 2 unspecified atom stereocenters. The molecule has 0 spiro atoms. The second-order valence-electron chi connectivity index (χ2n) is 5.17. The van der Waals surface area contributed by atoms with E-state index in [1.165, 1.54) is 11.1 Å². The zero-order valence-electron chi connectivity index (χ0n) is 11.6. The van der Waals surface area contributed by atoms with Gasteiger partial charge in [-0.15, -0.1) is 0 Å². The second kappa shape index (κ2) is 7.17. The van der Waals surface area contributed by atoms with E-state index in [-0.39, 0.29) is 18.0 Å². The average Bonchev–Trinajstić information content (AvgIpc) is 2.27. The highest BCUT2D eigenvalue weighted by atomic mass is 16.1. The number of nitrogens with two attached hydrogens (primary N) is 1. The van der Waals surface area contributed by atoms with E-state index in [0.29, 0.717) is 6.42 Å². The molecule has 100 valence electrons. The van der Waals surface area contributed by atoms with Gasteiger partial charge in [0.15, 0.2) is 0 Å². The Labute approximate surface area is 110 Å². The summed E-state index contributed by atoms with van der Waals surface area (Å²) >= 11 is 0. The van der Waals surface area contributed by atoms with Gasteiger partial charge in [-0.2, -0.15) is 0 Å². The minimum Gasteiger partial charge on any atom is -0.354 e. The van der Waals surface area contributed by atoms with Gasteiger partial charge in [-0.1, -0.05) is 29.8 Å². The quantitative estimate of drug-likeness (QED) is 0.810. The second-order valence-corrected chi connectivity index (χ2v) is 5.17. The molecular weight excluding hydrogens is 224 g/mol. The standard InChI is InChI=1S/C15H24N2O/c1-11-4-6-14(7-5-11)8-9-15(18)17-13(3)10-12(2)16/h4-7,12-13H,8-10,16H2,1-3H3,(H,17,18). The van der Waals surface area contributed by atoms with Crippen LogP contribution in [0.1, 0.15) is 37.8 Å². The maximum absolute atomic E-state index is 11.7. The van der Waals surface area contributed by atoms with Crippen molar-refractivity contribution in [1.29, 1.82) is 0 Å². The van der Waals surface area contributed by atoms with E-state index in [1.807, 2.05) is 13.8 Å². The van der Waals surface area contributed by atoms with Gasteiger partial charge in [0.05, 0.1) is 0 Å². The molecular formula is C15H24N2O. The Morgan fingerprint density at radius 2 is 1.89 bits per heavy atom. The Hall–Kier alpha value is -1.35. The number of hydrogen-bond acceptors (Lipinski definition) is 2. The summed E-state index contributed by atoms with van der Waals surface area (Å²) in [6.45, 7) is 6.01. The van der Waals surface area contributed by atoms with E-state index in [4.69, 9.17) is 5.73 Å². The molecule has 0 saturated heterocycles. The van der Waals surface area contributed by atoms with E-state index in [1.54, 1.807) is 0 Å². The Balaban J connectivity index is 2.30. The molecule has 0 aliphatic rings. The number of rotatable bonds is 6. The highest BCUT2D eigenvalue weighted by molar-refractivity contribution is 5.76. The van der Waals surface area contributed by atoms with Gasteiger partial charge in [-0.3, -0.25) is 4.79 Å². The van der Waals surface area contributed by atoms with Gasteiger partial charge in [0.25, 0.3) is 0 Å². The third kappa shape index (κ3) is 5.82. The van der Waals surface area contributed by atoms with E-state index >= 15 is 0 Å². The fraction of sp³-hybridized carbons (Fsp3) is 0.533. The molecule has 1 amide bonds. The van der Waals surface area contributed by atoms with Crippen LogP contribution in [-0.2, 0) is 11.2 Å². The van der Waals surface area contributed by atoms with Crippen LogP contribution in [0.5, 0.6) is 0 Å². The Bertz CT molecular complexity index is 371. The Morgan fingerprint density at radius 1 is 1.28 bits per heavy atom. The number of aryl methyl sites for hydroxylation is 2.